The zero-order valence-electron chi connectivity index (χ0n) is 17.2. The molecule has 1 aromatic heterocycles. The van der Waals surface area contributed by atoms with E-state index in [1.54, 1.807) is 23.9 Å². The van der Waals surface area contributed by atoms with Crippen LogP contribution in [0.5, 0.6) is 0 Å². The number of carbonyl (C=O) groups excluding carboxylic acids is 1. The van der Waals surface area contributed by atoms with Crippen LogP contribution in [-0.4, -0.2) is 21.2 Å². The lowest BCUT2D eigenvalue weighted by Crippen LogP contribution is -2.13. The largest absolute Gasteiger partial charge is 0.299 e. The number of benzene rings is 2. The van der Waals surface area contributed by atoms with Crippen molar-refractivity contribution < 1.29 is 9.00 Å². The second-order valence-electron chi connectivity index (χ2n) is 7.76. The predicted octanol–water partition coefficient (Wildman–Crippen LogP) is 6.12. The van der Waals surface area contributed by atoms with Gasteiger partial charge in [-0.1, -0.05) is 56.6 Å². The van der Waals surface area contributed by atoms with Crippen LogP contribution in [0.3, 0.4) is 0 Å². The minimum Gasteiger partial charge on any atom is -0.299 e. The molecule has 0 spiro atoms. The van der Waals surface area contributed by atoms with Crippen LogP contribution in [0.2, 0.25) is 5.02 Å². The second-order valence-corrected chi connectivity index (χ2v) is 10.3. The Balaban J connectivity index is 1.90. The van der Waals surface area contributed by atoms with Crippen LogP contribution in [0.1, 0.15) is 42.4 Å². The fraction of sp³-hybridized carbons (Fsp3) is 0.217. The quantitative estimate of drug-likeness (QED) is 0.357. The molecule has 0 aliphatic rings. The summed E-state index contributed by atoms with van der Waals surface area (Å²) >= 11 is 7.65. The predicted molar refractivity (Wildman–Crippen MR) is 126 cm³/mol. The van der Waals surface area contributed by atoms with Crippen molar-refractivity contribution in [3.63, 3.8) is 0 Å². The van der Waals surface area contributed by atoms with E-state index in [9.17, 15) is 9.00 Å². The number of nitrogens with zero attached hydrogens (tertiary/aromatic N) is 1. The van der Waals surface area contributed by atoms with Crippen molar-refractivity contribution in [1.82, 2.24) is 4.98 Å². The van der Waals surface area contributed by atoms with Gasteiger partial charge in [-0.25, -0.2) is 9.19 Å². The van der Waals surface area contributed by atoms with Crippen LogP contribution in [0.25, 0.3) is 0 Å². The molecule has 0 aliphatic heterocycles. The van der Waals surface area contributed by atoms with Gasteiger partial charge >= 0.3 is 0 Å². The molecule has 0 bridgehead atoms. The van der Waals surface area contributed by atoms with Gasteiger partial charge < -0.3 is 0 Å². The van der Waals surface area contributed by atoms with Gasteiger partial charge in [-0.2, -0.15) is 0 Å². The fourth-order valence-electron chi connectivity index (χ4n) is 2.84. The number of ketones is 1. The van der Waals surface area contributed by atoms with Gasteiger partial charge in [0.15, 0.2) is 0 Å². The highest BCUT2D eigenvalue weighted by atomic mass is 35.5. The number of nitrogens with one attached hydrogen (secondary N) is 1. The van der Waals surface area contributed by atoms with E-state index in [2.05, 4.69) is 30.5 Å². The first kappa shape index (κ1) is 22.5. The summed E-state index contributed by atoms with van der Waals surface area (Å²) in [6.07, 6.45) is 3.37. The maximum Gasteiger partial charge on any atom is 0.213 e. The zero-order chi connectivity index (χ0) is 21.9. The lowest BCUT2D eigenvalue weighted by Gasteiger charge is -2.19. The highest BCUT2D eigenvalue weighted by Gasteiger charge is 2.19. The van der Waals surface area contributed by atoms with Crippen LogP contribution in [0, 0.1) is 0 Å². The average molecular weight is 459 g/mol. The van der Waals surface area contributed by atoms with E-state index in [4.69, 9.17) is 11.6 Å². The van der Waals surface area contributed by atoms with Gasteiger partial charge in [0.1, 0.15) is 16.7 Å². The molecule has 0 fully saturated rings. The summed E-state index contributed by atoms with van der Waals surface area (Å²) in [5.41, 5.74) is 2.18. The standard InChI is InChI=1S/C23H23ClN2O2S2/c1-23(2,3)16-8-10-19(11-9-16)30(28)26-20-13-17(24)14-25-21(20)22(27)15-6-5-7-18(12-15)29-4/h5-14,26H,1-4H3. The summed E-state index contributed by atoms with van der Waals surface area (Å²) in [7, 11) is -1.57. The smallest absolute Gasteiger partial charge is 0.213 e. The Morgan fingerprint density at radius 2 is 1.80 bits per heavy atom. The Hall–Kier alpha value is -2.15. The molecule has 4 nitrogen and oxygen atoms in total. The average Bonchev–Trinajstić information content (AvgIpc) is 2.73. The SMILES string of the molecule is CSc1cccc(C(=O)c2ncc(Cl)cc2NS(=O)c2ccc(C(C)(C)C)cc2)c1. The first-order valence-corrected chi connectivity index (χ1v) is 12.1. The number of anilines is 1. The molecule has 0 saturated carbocycles. The second kappa shape index (κ2) is 9.33. The molecule has 0 radical (unpaired) electrons. The van der Waals surface area contributed by atoms with Gasteiger partial charge in [0, 0.05) is 16.7 Å². The summed E-state index contributed by atoms with van der Waals surface area (Å²) in [5.74, 6) is -0.259. The van der Waals surface area contributed by atoms with E-state index >= 15 is 0 Å². The van der Waals surface area contributed by atoms with E-state index in [0.717, 1.165) is 10.5 Å². The molecular formula is C23H23ClN2O2S2. The lowest BCUT2D eigenvalue weighted by molar-refractivity contribution is 0.103. The number of pyridine rings is 1. The number of halogens is 1. The summed E-state index contributed by atoms with van der Waals surface area (Å²) in [5, 5.41) is 0.354. The van der Waals surface area contributed by atoms with Crippen molar-refractivity contribution in [2.24, 2.45) is 0 Å². The topological polar surface area (TPSA) is 59.1 Å². The summed E-state index contributed by atoms with van der Waals surface area (Å²) < 4.78 is 15.8. The first-order chi connectivity index (χ1) is 14.2. The fourth-order valence-corrected chi connectivity index (χ4v) is 4.31. The molecule has 1 unspecified atom stereocenters. The summed E-state index contributed by atoms with van der Waals surface area (Å²) in [4.78, 5) is 18.9. The van der Waals surface area contributed by atoms with Crippen molar-refractivity contribution in [3.05, 3.63) is 82.6 Å². The molecule has 0 saturated heterocycles. The Kier molecular flexibility index (Phi) is 7.01. The maximum atomic E-state index is 13.1. The van der Waals surface area contributed by atoms with E-state index < -0.39 is 11.0 Å². The molecule has 1 atom stereocenters. The number of thioether (sulfide) groups is 1. The Bertz CT molecular complexity index is 1090. The van der Waals surface area contributed by atoms with Crippen molar-refractivity contribution in [3.8, 4) is 0 Å². The zero-order valence-corrected chi connectivity index (χ0v) is 19.6. The van der Waals surface area contributed by atoms with Crippen molar-refractivity contribution in [2.75, 3.05) is 11.0 Å². The van der Waals surface area contributed by atoms with Gasteiger partial charge in [0.2, 0.25) is 5.78 Å². The molecule has 156 valence electrons. The number of aromatic nitrogens is 1. The summed E-state index contributed by atoms with van der Waals surface area (Å²) in [6, 6.07) is 16.5. The number of hydrogen-bond donors (Lipinski definition) is 1. The highest BCUT2D eigenvalue weighted by molar-refractivity contribution is 7.98. The summed E-state index contributed by atoms with van der Waals surface area (Å²) in [6.45, 7) is 6.37. The van der Waals surface area contributed by atoms with E-state index in [1.165, 1.54) is 6.20 Å². The Labute approximate surface area is 189 Å². The van der Waals surface area contributed by atoms with Crippen molar-refractivity contribution >= 4 is 45.8 Å². The van der Waals surface area contributed by atoms with Crippen LogP contribution in [-0.2, 0) is 16.4 Å². The molecule has 7 heteroatoms. The molecular weight excluding hydrogens is 436 g/mol. The number of carbonyl (C=O) groups is 1. The Morgan fingerprint density at radius 3 is 2.43 bits per heavy atom. The number of hydrogen-bond acceptors (Lipinski definition) is 4. The van der Waals surface area contributed by atoms with E-state index in [-0.39, 0.29) is 16.9 Å². The highest BCUT2D eigenvalue weighted by Crippen LogP contribution is 2.26. The van der Waals surface area contributed by atoms with Gasteiger partial charge in [-0.15, -0.1) is 11.8 Å². The van der Waals surface area contributed by atoms with Gasteiger partial charge in [-0.05, 0) is 47.6 Å². The third-order valence-corrected chi connectivity index (χ3v) is 6.58. The minimum atomic E-state index is -1.57. The third-order valence-electron chi connectivity index (χ3n) is 4.54. The molecule has 1 N–H and O–H groups in total. The number of rotatable bonds is 6. The molecule has 0 aliphatic carbocycles. The van der Waals surface area contributed by atoms with Crippen LogP contribution in [0.15, 0.2) is 70.6 Å². The van der Waals surface area contributed by atoms with Gasteiger partial charge in [-0.3, -0.25) is 9.52 Å². The molecule has 3 rings (SSSR count). The molecule has 3 aromatic rings. The third kappa shape index (κ3) is 5.31. The Morgan fingerprint density at radius 1 is 1.10 bits per heavy atom. The first-order valence-electron chi connectivity index (χ1n) is 9.32. The van der Waals surface area contributed by atoms with Gasteiger partial charge in [0.25, 0.3) is 0 Å². The van der Waals surface area contributed by atoms with Crippen molar-refractivity contribution in [2.45, 2.75) is 36.0 Å². The molecule has 1 heterocycles. The van der Waals surface area contributed by atoms with E-state index in [1.807, 2.05) is 48.7 Å². The van der Waals surface area contributed by atoms with Crippen LogP contribution in [0.4, 0.5) is 5.69 Å². The molecule has 0 amide bonds. The normalized spacial score (nSPS) is 12.4. The molecule has 2 aromatic carbocycles. The van der Waals surface area contributed by atoms with Crippen molar-refractivity contribution in [1.29, 1.82) is 0 Å². The lowest BCUT2D eigenvalue weighted by atomic mass is 9.87. The monoisotopic (exact) mass is 458 g/mol. The van der Waals surface area contributed by atoms with E-state index in [0.29, 0.717) is 21.2 Å². The van der Waals surface area contributed by atoms with Crippen LogP contribution < -0.4 is 4.72 Å². The molecule has 30 heavy (non-hydrogen) atoms. The minimum absolute atomic E-state index is 0.00915. The van der Waals surface area contributed by atoms with Crippen LogP contribution >= 0.6 is 23.4 Å². The maximum absolute atomic E-state index is 13.1. The van der Waals surface area contributed by atoms with Gasteiger partial charge in [0.05, 0.1) is 15.6 Å².